The maximum absolute atomic E-state index is 12.0. The molecule has 18 heavy (non-hydrogen) atoms. The summed E-state index contributed by atoms with van der Waals surface area (Å²) in [5, 5.41) is 3.32. The molecule has 0 radical (unpaired) electrons. The van der Waals surface area contributed by atoms with Gasteiger partial charge in [0.1, 0.15) is 0 Å². The van der Waals surface area contributed by atoms with Crippen LogP contribution in [0.25, 0.3) is 0 Å². The summed E-state index contributed by atoms with van der Waals surface area (Å²) in [6, 6.07) is 0.395. The smallest absolute Gasteiger partial charge is 0.281 e. The van der Waals surface area contributed by atoms with Crippen LogP contribution in [-0.2, 0) is 10.2 Å². The number of rotatable bonds is 3. The number of halogens is 1. The molecule has 1 N–H and O–H groups in total. The van der Waals surface area contributed by atoms with Gasteiger partial charge in [-0.15, -0.1) is 12.4 Å². The highest BCUT2D eigenvalue weighted by molar-refractivity contribution is 7.86. The van der Waals surface area contributed by atoms with Crippen LogP contribution >= 0.6 is 12.4 Å². The summed E-state index contributed by atoms with van der Waals surface area (Å²) in [7, 11) is -0.0423. The van der Waals surface area contributed by atoms with Gasteiger partial charge in [0.25, 0.3) is 10.2 Å². The normalized spacial score (nSPS) is 27.4. The predicted molar refractivity (Wildman–Crippen MR) is 74.3 cm³/mol. The van der Waals surface area contributed by atoms with Gasteiger partial charge < -0.3 is 5.32 Å². The molecular formula is C10H23ClN4O2S. The molecule has 0 aromatic carbocycles. The van der Waals surface area contributed by atoms with E-state index in [9.17, 15) is 8.42 Å². The SMILES string of the molecule is CN(C)S(=O)(=O)N1CCC(N2CCNCC2)C1.Cl. The van der Waals surface area contributed by atoms with Gasteiger partial charge in [-0.3, -0.25) is 4.90 Å². The van der Waals surface area contributed by atoms with Crippen molar-refractivity contribution in [1.29, 1.82) is 0 Å². The van der Waals surface area contributed by atoms with Crippen molar-refractivity contribution in [3.63, 3.8) is 0 Å². The average molecular weight is 299 g/mol. The quantitative estimate of drug-likeness (QED) is 0.741. The Morgan fingerprint density at radius 2 is 1.78 bits per heavy atom. The second kappa shape index (κ2) is 6.49. The number of hydrogen-bond acceptors (Lipinski definition) is 4. The number of nitrogens with zero attached hydrogens (tertiary/aromatic N) is 3. The van der Waals surface area contributed by atoms with Gasteiger partial charge >= 0.3 is 0 Å². The lowest BCUT2D eigenvalue weighted by Crippen LogP contribution is -2.49. The zero-order chi connectivity index (χ0) is 12.5. The monoisotopic (exact) mass is 298 g/mol. The van der Waals surface area contributed by atoms with Crippen LogP contribution in [0.3, 0.4) is 0 Å². The van der Waals surface area contributed by atoms with Gasteiger partial charge in [0, 0.05) is 59.4 Å². The minimum Gasteiger partial charge on any atom is -0.314 e. The first-order chi connectivity index (χ1) is 8.01. The molecule has 0 bridgehead atoms. The lowest BCUT2D eigenvalue weighted by Gasteiger charge is -2.32. The molecule has 6 nitrogen and oxygen atoms in total. The molecule has 0 aliphatic carbocycles. The Labute approximate surface area is 116 Å². The van der Waals surface area contributed by atoms with Gasteiger partial charge in [-0.25, -0.2) is 0 Å². The molecule has 2 rings (SSSR count). The highest BCUT2D eigenvalue weighted by Crippen LogP contribution is 2.19. The third-order valence-electron chi connectivity index (χ3n) is 3.58. The molecule has 0 spiro atoms. The van der Waals surface area contributed by atoms with E-state index in [0.29, 0.717) is 19.1 Å². The van der Waals surface area contributed by atoms with Crippen LogP contribution in [0.4, 0.5) is 0 Å². The van der Waals surface area contributed by atoms with Crippen molar-refractivity contribution >= 4 is 22.6 Å². The standard InChI is InChI=1S/C10H22N4O2S.ClH/c1-12(2)17(15,16)14-6-3-10(9-14)13-7-4-11-5-8-13;/h10-11H,3-9H2,1-2H3;1H. The molecule has 0 aromatic heterocycles. The summed E-state index contributed by atoms with van der Waals surface area (Å²) in [6.45, 7) is 5.37. The number of piperazine rings is 1. The molecule has 8 heteroatoms. The van der Waals surface area contributed by atoms with E-state index in [4.69, 9.17) is 0 Å². The zero-order valence-corrected chi connectivity index (χ0v) is 12.6. The van der Waals surface area contributed by atoms with Crippen molar-refractivity contribution in [1.82, 2.24) is 18.8 Å². The lowest BCUT2D eigenvalue weighted by molar-refractivity contribution is 0.179. The van der Waals surface area contributed by atoms with Crippen LogP contribution in [-0.4, -0.2) is 81.3 Å². The van der Waals surface area contributed by atoms with E-state index in [1.807, 2.05) is 0 Å². The second-order valence-corrected chi connectivity index (χ2v) is 7.02. The van der Waals surface area contributed by atoms with Gasteiger partial charge in [-0.2, -0.15) is 17.0 Å². The summed E-state index contributed by atoms with van der Waals surface area (Å²) in [4.78, 5) is 2.40. The van der Waals surface area contributed by atoms with Crippen LogP contribution in [0.1, 0.15) is 6.42 Å². The van der Waals surface area contributed by atoms with Crippen molar-refractivity contribution in [3.8, 4) is 0 Å². The topological polar surface area (TPSA) is 55.9 Å². The minimum atomic E-state index is -3.22. The molecule has 2 aliphatic heterocycles. The summed E-state index contributed by atoms with van der Waals surface area (Å²) >= 11 is 0. The van der Waals surface area contributed by atoms with Crippen molar-refractivity contribution in [2.75, 3.05) is 53.4 Å². The molecule has 1 atom stereocenters. The van der Waals surface area contributed by atoms with Gasteiger partial charge in [-0.05, 0) is 6.42 Å². The minimum absolute atomic E-state index is 0. The predicted octanol–water partition coefficient (Wildman–Crippen LogP) is -0.806. The molecule has 0 aromatic rings. The maximum atomic E-state index is 12.0. The van der Waals surface area contributed by atoms with Crippen LogP contribution in [0, 0.1) is 0 Å². The fourth-order valence-corrected chi connectivity index (χ4v) is 3.65. The van der Waals surface area contributed by atoms with E-state index in [1.165, 1.54) is 4.31 Å². The second-order valence-electron chi connectivity index (χ2n) is 4.88. The molecule has 2 saturated heterocycles. The molecule has 0 amide bonds. The number of hydrogen-bond donors (Lipinski definition) is 1. The Kier molecular flexibility index (Phi) is 5.82. The largest absolute Gasteiger partial charge is 0.314 e. The third kappa shape index (κ3) is 3.34. The van der Waals surface area contributed by atoms with Crippen molar-refractivity contribution < 1.29 is 8.42 Å². The van der Waals surface area contributed by atoms with E-state index in [0.717, 1.165) is 32.6 Å². The Hall–Kier alpha value is 0.0800. The fraction of sp³-hybridized carbons (Fsp3) is 1.00. The highest BCUT2D eigenvalue weighted by Gasteiger charge is 2.35. The third-order valence-corrected chi connectivity index (χ3v) is 5.49. The first-order valence-electron chi connectivity index (χ1n) is 6.14. The van der Waals surface area contributed by atoms with Crippen LogP contribution < -0.4 is 5.32 Å². The molecule has 1 unspecified atom stereocenters. The van der Waals surface area contributed by atoms with Crippen molar-refractivity contribution in [2.45, 2.75) is 12.5 Å². The van der Waals surface area contributed by atoms with Crippen molar-refractivity contribution in [3.05, 3.63) is 0 Å². The van der Waals surface area contributed by atoms with Gasteiger partial charge in [-0.1, -0.05) is 0 Å². The molecule has 2 fully saturated rings. The Balaban J connectivity index is 0.00000162. The Morgan fingerprint density at radius 1 is 1.17 bits per heavy atom. The van der Waals surface area contributed by atoms with E-state index in [1.54, 1.807) is 18.4 Å². The van der Waals surface area contributed by atoms with Crippen LogP contribution in [0.15, 0.2) is 0 Å². The average Bonchev–Trinajstić information content (AvgIpc) is 2.80. The van der Waals surface area contributed by atoms with Gasteiger partial charge in [0.2, 0.25) is 0 Å². The van der Waals surface area contributed by atoms with E-state index in [2.05, 4.69) is 10.2 Å². The van der Waals surface area contributed by atoms with E-state index >= 15 is 0 Å². The summed E-state index contributed by atoms with van der Waals surface area (Å²) in [6.07, 6.45) is 0.951. The molecule has 2 aliphatic rings. The summed E-state index contributed by atoms with van der Waals surface area (Å²) in [5.41, 5.74) is 0. The number of nitrogens with one attached hydrogen (secondary N) is 1. The summed E-state index contributed by atoms with van der Waals surface area (Å²) in [5.74, 6) is 0. The van der Waals surface area contributed by atoms with Crippen LogP contribution in [0.2, 0.25) is 0 Å². The summed E-state index contributed by atoms with van der Waals surface area (Å²) < 4.78 is 26.9. The van der Waals surface area contributed by atoms with Gasteiger partial charge in [0.05, 0.1) is 0 Å². The molecular weight excluding hydrogens is 276 g/mol. The maximum Gasteiger partial charge on any atom is 0.281 e. The highest BCUT2D eigenvalue weighted by atomic mass is 35.5. The Morgan fingerprint density at radius 3 is 2.33 bits per heavy atom. The van der Waals surface area contributed by atoms with E-state index < -0.39 is 10.2 Å². The fourth-order valence-electron chi connectivity index (χ4n) is 2.50. The molecule has 2 heterocycles. The first-order valence-corrected chi connectivity index (χ1v) is 7.54. The van der Waals surface area contributed by atoms with Gasteiger partial charge in [0.15, 0.2) is 0 Å². The Bertz CT molecular complexity index is 357. The molecule has 0 saturated carbocycles. The lowest BCUT2D eigenvalue weighted by atomic mass is 10.2. The van der Waals surface area contributed by atoms with Crippen molar-refractivity contribution in [2.24, 2.45) is 0 Å². The van der Waals surface area contributed by atoms with Crippen LogP contribution in [0.5, 0.6) is 0 Å². The zero-order valence-electron chi connectivity index (χ0n) is 11.0. The first kappa shape index (κ1) is 16.1. The molecule has 108 valence electrons. The van der Waals surface area contributed by atoms with E-state index in [-0.39, 0.29) is 12.4 Å².